The summed E-state index contributed by atoms with van der Waals surface area (Å²) in [6.45, 7) is 2.97. The summed E-state index contributed by atoms with van der Waals surface area (Å²) in [5, 5.41) is 0. The van der Waals surface area contributed by atoms with Gasteiger partial charge in [0.25, 0.3) is 0 Å². The van der Waals surface area contributed by atoms with Gasteiger partial charge < -0.3 is 9.80 Å². The van der Waals surface area contributed by atoms with Crippen LogP contribution in [0.25, 0.3) is 0 Å². The van der Waals surface area contributed by atoms with Crippen LogP contribution in [0.2, 0.25) is 0 Å². The number of hydrogen-bond acceptors (Lipinski definition) is 2. The smallest absolute Gasteiger partial charge is 0.242 e. The average Bonchev–Trinajstić information content (AvgIpc) is 2.41. The molecule has 2 amide bonds. The lowest BCUT2D eigenvalue weighted by atomic mass is 10.2. The first kappa shape index (κ1) is 15.0. The minimum Gasteiger partial charge on any atom is -0.332 e. The Bertz CT molecular complexity index is 536. The van der Waals surface area contributed by atoms with Gasteiger partial charge in [-0.25, -0.2) is 4.39 Å². The van der Waals surface area contributed by atoms with Crippen LogP contribution < -0.4 is 0 Å². The first-order valence-electron chi connectivity index (χ1n) is 6.51. The summed E-state index contributed by atoms with van der Waals surface area (Å²) < 4.78 is 13.8. The van der Waals surface area contributed by atoms with E-state index in [0.717, 1.165) is 6.42 Å². The highest BCUT2D eigenvalue weighted by Gasteiger charge is 2.29. The van der Waals surface area contributed by atoms with E-state index in [1.807, 2.05) is 6.92 Å². The van der Waals surface area contributed by atoms with Crippen LogP contribution in [0.5, 0.6) is 0 Å². The Kier molecular flexibility index (Phi) is 4.75. The van der Waals surface area contributed by atoms with Gasteiger partial charge in [0.05, 0.1) is 11.0 Å². The molecule has 0 aliphatic carbocycles. The highest BCUT2D eigenvalue weighted by molar-refractivity contribution is 9.10. The van der Waals surface area contributed by atoms with Crippen molar-refractivity contribution in [1.82, 2.24) is 9.80 Å². The maximum absolute atomic E-state index is 13.4. The molecule has 1 heterocycles. The van der Waals surface area contributed by atoms with Gasteiger partial charge in [-0.1, -0.05) is 19.1 Å². The quantitative estimate of drug-likeness (QED) is 0.841. The van der Waals surface area contributed by atoms with Crippen molar-refractivity contribution in [3.05, 3.63) is 34.1 Å². The zero-order valence-electron chi connectivity index (χ0n) is 11.2. The lowest BCUT2D eigenvalue weighted by Gasteiger charge is -2.34. The molecule has 0 spiro atoms. The Morgan fingerprint density at radius 2 is 1.85 bits per heavy atom. The van der Waals surface area contributed by atoms with Gasteiger partial charge in [-0.2, -0.15) is 0 Å². The van der Waals surface area contributed by atoms with Crippen molar-refractivity contribution < 1.29 is 14.0 Å². The molecule has 1 fully saturated rings. The summed E-state index contributed by atoms with van der Waals surface area (Å²) in [5.41, 5.74) is 0.662. The predicted molar refractivity (Wildman–Crippen MR) is 76.4 cm³/mol. The van der Waals surface area contributed by atoms with Crippen molar-refractivity contribution in [2.75, 3.05) is 19.6 Å². The number of carbonyl (C=O) groups is 2. The van der Waals surface area contributed by atoms with Gasteiger partial charge in [-0.3, -0.25) is 9.59 Å². The van der Waals surface area contributed by atoms with E-state index >= 15 is 0 Å². The number of rotatable bonds is 4. The third kappa shape index (κ3) is 3.17. The molecule has 2 rings (SSSR count). The number of hydrogen-bond donors (Lipinski definition) is 0. The molecule has 108 valence electrons. The van der Waals surface area contributed by atoms with Crippen LogP contribution >= 0.6 is 15.9 Å². The second-order valence-corrected chi connectivity index (χ2v) is 5.57. The van der Waals surface area contributed by atoms with Gasteiger partial charge in [-0.05, 0) is 34.0 Å². The van der Waals surface area contributed by atoms with Crippen LogP contribution in [0.1, 0.15) is 18.9 Å². The molecule has 1 aromatic carbocycles. The Balaban J connectivity index is 2.09. The number of amides is 2. The van der Waals surface area contributed by atoms with E-state index in [1.165, 1.54) is 11.0 Å². The van der Waals surface area contributed by atoms with Crippen molar-refractivity contribution in [3.8, 4) is 0 Å². The summed E-state index contributed by atoms with van der Waals surface area (Å²) in [4.78, 5) is 27.0. The van der Waals surface area contributed by atoms with E-state index in [0.29, 0.717) is 16.6 Å². The highest BCUT2D eigenvalue weighted by atomic mass is 79.9. The first-order chi connectivity index (χ1) is 9.52. The number of carbonyl (C=O) groups excluding carboxylic acids is 2. The SMILES string of the molecule is CCCN1CC(=O)N(Cc2cccc(F)c2Br)CC1=O. The van der Waals surface area contributed by atoms with Crippen LogP contribution in [0.3, 0.4) is 0 Å². The van der Waals surface area contributed by atoms with Crippen molar-refractivity contribution >= 4 is 27.7 Å². The van der Waals surface area contributed by atoms with Crippen LogP contribution in [0, 0.1) is 5.82 Å². The maximum atomic E-state index is 13.4. The van der Waals surface area contributed by atoms with Gasteiger partial charge in [0, 0.05) is 13.1 Å². The van der Waals surface area contributed by atoms with E-state index in [2.05, 4.69) is 15.9 Å². The molecular weight excluding hydrogens is 327 g/mol. The van der Waals surface area contributed by atoms with Gasteiger partial charge >= 0.3 is 0 Å². The van der Waals surface area contributed by atoms with E-state index in [1.54, 1.807) is 17.0 Å². The Morgan fingerprint density at radius 3 is 2.55 bits per heavy atom. The monoisotopic (exact) mass is 342 g/mol. The molecule has 1 aliphatic rings. The summed E-state index contributed by atoms with van der Waals surface area (Å²) >= 11 is 3.17. The van der Waals surface area contributed by atoms with Crippen molar-refractivity contribution in [2.45, 2.75) is 19.9 Å². The third-order valence-electron chi connectivity index (χ3n) is 3.24. The van der Waals surface area contributed by atoms with Gasteiger partial charge in [0.2, 0.25) is 11.8 Å². The van der Waals surface area contributed by atoms with Crippen LogP contribution in [-0.2, 0) is 16.1 Å². The number of nitrogens with zero attached hydrogens (tertiary/aromatic N) is 2. The van der Waals surface area contributed by atoms with Gasteiger partial charge in [-0.15, -0.1) is 0 Å². The summed E-state index contributed by atoms with van der Waals surface area (Å²) in [6, 6.07) is 4.68. The third-order valence-corrected chi connectivity index (χ3v) is 4.13. The average molecular weight is 343 g/mol. The molecule has 1 aromatic rings. The molecule has 6 heteroatoms. The molecule has 1 aliphatic heterocycles. The lowest BCUT2D eigenvalue weighted by Crippen LogP contribution is -2.53. The fourth-order valence-electron chi connectivity index (χ4n) is 2.20. The second kappa shape index (κ2) is 6.35. The topological polar surface area (TPSA) is 40.6 Å². The number of benzene rings is 1. The van der Waals surface area contributed by atoms with E-state index in [4.69, 9.17) is 0 Å². The molecule has 20 heavy (non-hydrogen) atoms. The molecule has 0 aromatic heterocycles. The molecule has 0 N–H and O–H groups in total. The molecule has 4 nitrogen and oxygen atoms in total. The lowest BCUT2D eigenvalue weighted by molar-refractivity contribution is -0.150. The zero-order chi connectivity index (χ0) is 14.7. The number of halogens is 2. The Labute approximate surface area is 125 Å². The summed E-state index contributed by atoms with van der Waals surface area (Å²) in [6.07, 6.45) is 0.828. The molecule has 1 saturated heterocycles. The van der Waals surface area contributed by atoms with E-state index in [-0.39, 0.29) is 37.3 Å². The molecule has 0 unspecified atom stereocenters. The summed E-state index contributed by atoms with van der Waals surface area (Å²) in [7, 11) is 0. The van der Waals surface area contributed by atoms with Crippen LogP contribution in [0.15, 0.2) is 22.7 Å². The number of piperazine rings is 1. The predicted octanol–water partition coefficient (Wildman–Crippen LogP) is 2.17. The van der Waals surface area contributed by atoms with Gasteiger partial charge in [0.15, 0.2) is 0 Å². The standard InChI is InChI=1S/C14H16BrFN2O2/c1-2-6-17-8-13(20)18(9-12(17)19)7-10-4-3-5-11(16)14(10)15/h3-5H,2,6-9H2,1H3. The van der Waals surface area contributed by atoms with Crippen molar-refractivity contribution in [1.29, 1.82) is 0 Å². The molecule has 0 radical (unpaired) electrons. The minimum atomic E-state index is -0.370. The Hall–Kier alpha value is -1.43. The largest absolute Gasteiger partial charge is 0.332 e. The Morgan fingerprint density at radius 1 is 1.20 bits per heavy atom. The fraction of sp³-hybridized carbons (Fsp3) is 0.429. The molecule has 0 bridgehead atoms. The van der Waals surface area contributed by atoms with Crippen molar-refractivity contribution in [2.24, 2.45) is 0 Å². The van der Waals surface area contributed by atoms with Crippen LogP contribution in [0.4, 0.5) is 4.39 Å². The minimum absolute atomic E-state index is 0.0565. The zero-order valence-corrected chi connectivity index (χ0v) is 12.8. The van der Waals surface area contributed by atoms with E-state index in [9.17, 15) is 14.0 Å². The molecule has 0 saturated carbocycles. The van der Waals surface area contributed by atoms with E-state index < -0.39 is 0 Å². The highest BCUT2D eigenvalue weighted by Crippen LogP contribution is 2.22. The summed E-state index contributed by atoms with van der Waals surface area (Å²) in [5.74, 6) is -0.529. The van der Waals surface area contributed by atoms with Crippen molar-refractivity contribution in [3.63, 3.8) is 0 Å². The molecular formula is C14H16BrFN2O2. The maximum Gasteiger partial charge on any atom is 0.242 e. The van der Waals surface area contributed by atoms with Crippen LogP contribution in [-0.4, -0.2) is 41.2 Å². The fourth-order valence-corrected chi connectivity index (χ4v) is 2.59. The normalized spacial score (nSPS) is 15.9. The first-order valence-corrected chi connectivity index (χ1v) is 7.30. The van der Waals surface area contributed by atoms with Gasteiger partial charge in [0.1, 0.15) is 12.4 Å². The second-order valence-electron chi connectivity index (χ2n) is 4.78. The molecule has 0 atom stereocenters.